The normalized spacial score (nSPS) is 16.2. The Bertz CT molecular complexity index is 928. The fourth-order valence-electron chi connectivity index (χ4n) is 4.14. The summed E-state index contributed by atoms with van der Waals surface area (Å²) in [5.41, 5.74) is 2.83. The molecule has 1 N–H and O–H groups in total. The van der Waals surface area contributed by atoms with E-state index >= 15 is 0 Å². The molecule has 0 radical (unpaired) electrons. The molecule has 2 heterocycles. The number of pyridine rings is 1. The number of hydrogen-bond donors (Lipinski definition) is 1. The zero-order chi connectivity index (χ0) is 19.3. The molecule has 4 nitrogen and oxygen atoms in total. The topological polar surface area (TPSA) is 53.4 Å². The second-order valence-electron chi connectivity index (χ2n) is 7.60. The highest BCUT2D eigenvalue weighted by Crippen LogP contribution is 2.26. The first-order valence-corrected chi connectivity index (χ1v) is 10.1. The maximum atomic E-state index is 13.0. The van der Waals surface area contributed by atoms with Crippen LogP contribution in [0.5, 0.6) is 0 Å². The average molecular weight is 374 g/mol. The van der Waals surface area contributed by atoms with Crippen molar-refractivity contribution in [3.63, 3.8) is 0 Å². The SMILES string of the molecule is O=C(c1cccc2ncccc12)N1CCC([C@@H](O)CCc2ccccc2)CC1. The fraction of sp³-hybridized carbons (Fsp3) is 0.333. The first kappa shape index (κ1) is 18.6. The van der Waals surface area contributed by atoms with Crippen molar-refractivity contribution < 1.29 is 9.90 Å². The van der Waals surface area contributed by atoms with Gasteiger partial charge in [0.2, 0.25) is 0 Å². The third kappa shape index (κ3) is 4.07. The molecule has 0 saturated carbocycles. The third-order valence-electron chi connectivity index (χ3n) is 5.82. The molecule has 1 atom stereocenters. The van der Waals surface area contributed by atoms with Crippen LogP contribution < -0.4 is 0 Å². The Labute approximate surface area is 165 Å². The number of aliphatic hydroxyl groups excluding tert-OH is 1. The van der Waals surface area contributed by atoms with Gasteiger partial charge in [0, 0.05) is 30.2 Å². The first-order valence-electron chi connectivity index (χ1n) is 10.1. The van der Waals surface area contributed by atoms with Crippen molar-refractivity contribution in [3.8, 4) is 0 Å². The van der Waals surface area contributed by atoms with Gasteiger partial charge < -0.3 is 10.0 Å². The van der Waals surface area contributed by atoms with Gasteiger partial charge in [-0.2, -0.15) is 0 Å². The Kier molecular flexibility index (Phi) is 5.68. The lowest BCUT2D eigenvalue weighted by Gasteiger charge is -2.34. The zero-order valence-electron chi connectivity index (χ0n) is 16.0. The number of aromatic nitrogens is 1. The van der Waals surface area contributed by atoms with Crippen molar-refractivity contribution in [2.45, 2.75) is 31.8 Å². The highest BCUT2D eigenvalue weighted by Gasteiger charge is 2.28. The van der Waals surface area contributed by atoms with E-state index in [1.54, 1.807) is 6.20 Å². The van der Waals surface area contributed by atoms with Crippen LogP contribution in [0, 0.1) is 5.92 Å². The molecular formula is C24H26N2O2. The van der Waals surface area contributed by atoms with Gasteiger partial charge >= 0.3 is 0 Å². The van der Waals surface area contributed by atoms with Crippen LogP contribution >= 0.6 is 0 Å². The number of benzene rings is 2. The van der Waals surface area contributed by atoms with E-state index in [1.807, 2.05) is 53.4 Å². The summed E-state index contributed by atoms with van der Waals surface area (Å²) in [6, 6.07) is 19.8. The van der Waals surface area contributed by atoms with Crippen molar-refractivity contribution in [1.29, 1.82) is 0 Å². The van der Waals surface area contributed by atoms with Gasteiger partial charge in [-0.15, -0.1) is 0 Å². The van der Waals surface area contributed by atoms with Crippen molar-refractivity contribution >= 4 is 16.8 Å². The minimum atomic E-state index is -0.306. The second kappa shape index (κ2) is 8.53. The van der Waals surface area contributed by atoms with Gasteiger partial charge in [-0.3, -0.25) is 9.78 Å². The van der Waals surface area contributed by atoms with E-state index in [4.69, 9.17) is 0 Å². The van der Waals surface area contributed by atoms with Crippen LogP contribution in [-0.4, -0.2) is 40.1 Å². The molecule has 2 aromatic carbocycles. The maximum absolute atomic E-state index is 13.0. The molecule has 1 fully saturated rings. The quantitative estimate of drug-likeness (QED) is 0.732. The monoisotopic (exact) mass is 374 g/mol. The summed E-state index contributed by atoms with van der Waals surface area (Å²) in [5.74, 6) is 0.331. The third-order valence-corrected chi connectivity index (χ3v) is 5.82. The number of likely N-dealkylation sites (tertiary alicyclic amines) is 1. The summed E-state index contributed by atoms with van der Waals surface area (Å²) in [6.07, 6.45) is 4.81. The molecule has 4 heteroatoms. The number of nitrogens with zero attached hydrogens (tertiary/aromatic N) is 2. The first-order chi connectivity index (χ1) is 13.7. The number of aliphatic hydroxyl groups is 1. The van der Waals surface area contributed by atoms with Gasteiger partial charge in [0.05, 0.1) is 11.6 Å². The molecule has 0 bridgehead atoms. The molecule has 3 aromatic rings. The molecule has 1 aromatic heterocycles. The molecule has 4 rings (SSSR count). The second-order valence-corrected chi connectivity index (χ2v) is 7.60. The largest absolute Gasteiger partial charge is 0.393 e. The lowest BCUT2D eigenvalue weighted by atomic mass is 9.88. The summed E-state index contributed by atoms with van der Waals surface area (Å²) in [7, 11) is 0. The molecule has 144 valence electrons. The van der Waals surface area contributed by atoms with Gasteiger partial charge in [-0.25, -0.2) is 0 Å². The van der Waals surface area contributed by atoms with Gasteiger partial charge in [-0.05, 0) is 55.4 Å². The minimum Gasteiger partial charge on any atom is -0.393 e. The van der Waals surface area contributed by atoms with Crippen LogP contribution in [-0.2, 0) is 6.42 Å². The Morgan fingerprint density at radius 1 is 1.04 bits per heavy atom. The summed E-state index contributed by atoms with van der Waals surface area (Å²) in [4.78, 5) is 19.3. The minimum absolute atomic E-state index is 0.0656. The van der Waals surface area contributed by atoms with Gasteiger partial charge in [0.25, 0.3) is 5.91 Å². The summed E-state index contributed by atoms with van der Waals surface area (Å²) in [5, 5.41) is 11.5. The van der Waals surface area contributed by atoms with E-state index in [2.05, 4.69) is 17.1 Å². The summed E-state index contributed by atoms with van der Waals surface area (Å²) in [6.45, 7) is 1.39. The number of carbonyl (C=O) groups is 1. The average Bonchev–Trinajstić information content (AvgIpc) is 2.77. The highest BCUT2D eigenvalue weighted by atomic mass is 16.3. The van der Waals surface area contributed by atoms with E-state index in [0.717, 1.165) is 36.6 Å². The van der Waals surface area contributed by atoms with E-state index in [9.17, 15) is 9.90 Å². The van der Waals surface area contributed by atoms with Crippen LogP contribution in [0.1, 0.15) is 35.2 Å². The maximum Gasteiger partial charge on any atom is 0.254 e. The number of aryl methyl sites for hydroxylation is 1. The highest BCUT2D eigenvalue weighted by molar-refractivity contribution is 6.06. The van der Waals surface area contributed by atoms with Crippen molar-refractivity contribution in [2.75, 3.05) is 13.1 Å². The number of piperidine rings is 1. The van der Waals surface area contributed by atoms with E-state index in [-0.39, 0.29) is 17.9 Å². The molecule has 28 heavy (non-hydrogen) atoms. The fourth-order valence-corrected chi connectivity index (χ4v) is 4.14. The zero-order valence-corrected chi connectivity index (χ0v) is 16.0. The summed E-state index contributed by atoms with van der Waals surface area (Å²) < 4.78 is 0. The van der Waals surface area contributed by atoms with E-state index < -0.39 is 0 Å². The Hall–Kier alpha value is -2.72. The van der Waals surface area contributed by atoms with Crippen LogP contribution in [0.15, 0.2) is 66.9 Å². The van der Waals surface area contributed by atoms with Gasteiger partial charge in [-0.1, -0.05) is 42.5 Å². The molecule has 1 saturated heterocycles. The summed E-state index contributed by atoms with van der Waals surface area (Å²) >= 11 is 0. The number of carbonyl (C=O) groups excluding carboxylic acids is 1. The Morgan fingerprint density at radius 2 is 1.82 bits per heavy atom. The Balaban J connectivity index is 1.35. The predicted octanol–water partition coefficient (Wildman–Crippen LogP) is 4.08. The number of rotatable bonds is 5. The molecular weight excluding hydrogens is 348 g/mol. The van der Waals surface area contributed by atoms with Gasteiger partial charge in [0.1, 0.15) is 0 Å². The number of hydrogen-bond acceptors (Lipinski definition) is 3. The molecule has 1 aliphatic heterocycles. The molecule has 1 aliphatic rings. The molecule has 1 amide bonds. The van der Waals surface area contributed by atoms with Crippen LogP contribution in [0.25, 0.3) is 10.9 Å². The van der Waals surface area contributed by atoms with Crippen LogP contribution in [0.4, 0.5) is 0 Å². The number of amides is 1. The number of fused-ring (bicyclic) bond motifs is 1. The van der Waals surface area contributed by atoms with Crippen molar-refractivity contribution in [1.82, 2.24) is 9.88 Å². The van der Waals surface area contributed by atoms with Gasteiger partial charge in [0.15, 0.2) is 0 Å². The van der Waals surface area contributed by atoms with E-state index in [1.165, 1.54) is 5.56 Å². The lowest BCUT2D eigenvalue weighted by Crippen LogP contribution is -2.41. The lowest BCUT2D eigenvalue weighted by molar-refractivity contribution is 0.0438. The molecule has 0 unspecified atom stereocenters. The van der Waals surface area contributed by atoms with Crippen LogP contribution in [0.3, 0.4) is 0 Å². The van der Waals surface area contributed by atoms with Crippen molar-refractivity contribution in [3.05, 3.63) is 78.0 Å². The Morgan fingerprint density at radius 3 is 2.61 bits per heavy atom. The molecule has 0 spiro atoms. The predicted molar refractivity (Wildman–Crippen MR) is 111 cm³/mol. The molecule has 0 aliphatic carbocycles. The van der Waals surface area contributed by atoms with E-state index in [0.29, 0.717) is 18.7 Å². The van der Waals surface area contributed by atoms with Crippen molar-refractivity contribution in [2.24, 2.45) is 5.92 Å². The van der Waals surface area contributed by atoms with Crippen LogP contribution in [0.2, 0.25) is 0 Å². The standard InChI is InChI=1S/C24H26N2O2/c27-23(12-11-18-6-2-1-3-7-18)19-13-16-26(17-14-19)24(28)21-8-4-10-22-20(21)9-5-15-25-22/h1-10,15,19,23,27H,11-14,16-17H2/t23-/m0/s1. The smallest absolute Gasteiger partial charge is 0.254 e.